The predicted molar refractivity (Wildman–Crippen MR) is 84.5 cm³/mol. The van der Waals surface area contributed by atoms with Crippen LogP contribution in [0, 0.1) is 5.82 Å². The predicted octanol–water partition coefficient (Wildman–Crippen LogP) is 2.91. The van der Waals surface area contributed by atoms with E-state index in [1.165, 1.54) is 12.1 Å². The third kappa shape index (κ3) is 4.09. The fourth-order valence-corrected chi connectivity index (χ4v) is 3.47. The van der Waals surface area contributed by atoms with Crippen LogP contribution in [-0.2, 0) is 19.8 Å². The number of rotatable bonds is 5. The minimum absolute atomic E-state index is 0.0340. The lowest BCUT2D eigenvalue weighted by molar-refractivity contribution is -0.125. The fraction of sp³-hybridized carbons (Fsp3) is 0.611. The number of nitrogens with one attached hydrogen (secondary N) is 1. The van der Waals surface area contributed by atoms with Gasteiger partial charge < -0.3 is 14.8 Å². The van der Waals surface area contributed by atoms with Crippen molar-refractivity contribution in [3.8, 4) is 0 Å². The van der Waals surface area contributed by atoms with E-state index in [-0.39, 0.29) is 17.8 Å². The summed E-state index contributed by atoms with van der Waals surface area (Å²) in [6.07, 6.45) is 5.01. The van der Waals surface area contributed by atoms with Crippen LogP contribution in [-0.4, -0.2) is 31.8 Å². The number of ether oxygens (including phenoxy) is 2. The van der Waals surface area contributed by atoms with Gasteiger partial charge in [0.1, 0.15) is 5.82 Å². The summed E-state index contributed by atoms with van der Waals surface area (Å²) >= 11 is 0. The third-order valence-electron chi connectivity index (χ3n) is 4.84. The Balaban J connectivity index is 1.66. The molecule has 126 valence electrons. The van der Waals surface area contributed by atoms with Crippen molar-refractivity contribution in [2.24, 2.45) is 0 Å². The highest BCUT2D eigenvalue weighted by Crippen LogP contribution is 2.32. The number of carbonyl (C=O) groups is 1. The maximum Gasteiger partial charge on any atom is 0.220 e. The normalized spacial score (nSPS) is 23.6. The average molecular weight is 321 g/mol. The standard InChI is InChI=1S/C18H24FNO3/c19-15-5-3-14(4-6-15)18(9-12-22-13-10-18)20-17(21)8-7-16-2-1-11-23-16/h3-6,16H,1-2,7-13H2,(H,20,21)/t16-/m0/s1. The molecule has 23 heavy (non-hydrogen) atoms. The lowest BCUT2D eigenvalue weighted by Crippen LogP contribution is -2.49. The maximum atomic E-state index is 13.2. The van der Waals surface area contributed by atoms with Crippen LogP contribution in [0.25, 0.3) is 0 Å². The Morgan fingerprint density at radius 3 is 2.61 bits per heavy atom. The van der Waals surface area contributed by atoms with Crippen molar-refractivity contribution in [3.05, 3.63) is 35.6 Å². The van der Waals surface area contributed by atoms with Gasteiger partial charge in [0.05, 0.1) is 11.6 Å². The van der Waals surface area contributed by atoms with Crippen LogP contribution in [0.15, 0.2) is 24.3 Å². The SMILES string of the molecule is O=C(CC[C@@H]1CCCO1)NC1(c2ccc(F)cc2)CCOCC1. The van der Waals surface area contributed by atoms with E-state index >= 15 is 0 Å². The Labute approximate surface area is 136 Å². The van der Waals surface area contributed by atoms with Crippen molar-refractivity contribution in [1.82, 2.24) is 5.32 Å². The lowest BCUT2D eigenvalue weighted by Gasteiger charge is -2.38. The van der Waals surface area contributed by atoms with Crippen molar-refractivity contribution in [3.63, 3.8) is 0 Å². The van der Waals surface area contributed by atoms with Crippen molar-refractivity contribution in [2.75, 3.05) is 19.8 Å². The molecule has 2 fully saturated rings. The molecule has 2 heterocycles. The van der Waals surface area contributed by atoms with E-state index in [1.54, 1.807) is 12.1 Å². The van der Waals surface area contributed by atoms with E-state index in [4.69, 9.17) is 9.47 Å². The first-order valence-electron chi connectivity index (χ1n) is 8.44. The first kappa shape index (κ1) is 16.4. The Morgan fingerprint density at radius 1 is 1.22 bits per heavy atom. The zero-order valence-corrected chi connectivity index (χ0v) is 13.4. The van der Waals surface area contributed by atoms with Crippen LogP contribution < -0.4 is 5.32 Å². The van der Waals surface area contributed by atoms with E-state index < -0.39 is 5.54 Å². The molecule has 2 aliphatic heterocycles. The molecule has 0 bridgehead atoms. The van der Waals surface area contributed by atoms with Crippen LogP contribution in [0.1, 0.15) is 44.1 Å². The summed E-state index contributed by atoms with van der Waals surface area (Å²) in [4.78, 5) is 12.4. The Hall–Kier alpha value is -1.46. The summed E-state index contributed by atoms with van der Waals surface area (Å²) in [6.45, 7) is 2.01. The van der Waals surface area contributed by atoms with E-state index in [0.717, 1.165) is 31.4 Å². The second kappa shape index (κ2) is 7.41. The van der Waals surface area contributed by atoms with Gasteiger partial charge in [0.2, 0.25) is 5.91 Å². The molecule has 1 aromatic carbocycles. The monoisotopic (exact) mass is 321 g/mol. The number of benzene rings is 1. The van der Waals surface area contributed by atoms with E-state index in [9.17, 15) is 9.18 Å². The second-order valence-corrected chi connectivity index (χ2v) is 6.42. The molecule has 0 aliphatic carbocycles. The van der Waals surface area contributed by atoms with Crippen molar-refractivity contribution >= 4 is 5.91 Å². The van der Waals surface area contributed by atoms with Gasteiger partial charge >= 0.3 is 0 Å². The van der Waals surface area contributed by atoms with Crippen LogP contribution >= 0.6 is 0 Å². The molecule has 0 saturated carbocycles. The Kier molecular flexibility index (Phi) is 5.28. The molecule has 1 N–H and O–H groups in total. The largest absolute Gasteiger partial charge is 0.381 e. The molecule has 0 radical (unpaired) electrons. The second-order valence-electron chi connectivity index (χ2n) is 6.42. The molecule has 2 aliphatic rings. The van der Waals surface area contributed by atoms with Crippen LogP contribution in [0.5, 0.6) is 0 Å². The number of halogens is 1. The summed E-state index contributed by atoms with van der Waals surface area (Å²) in [5, 5.41) is 3.20. The number of hydrogen-bond acceptors (Lipinski definition) is 3. The topological polar surface area (TPSA) is 47.6 Å². The summed E-state index contributed by atoms with van der Waals surface area (Å²) in [7, 11) is 0. The Bertz CT molecular complexity index is 520. The maximum absolute atomic E-state index is 13.2. The molecule has 0 aromatic heterocycles. The lowest BCUT2D eigenvalue weighted by atomic mass is 9.82. The number of amides is 1. The van der Waals surface area contributed by atoms with E-state index in [1.807, 2.05) is 0 Å². The third-order valence-corrected chi connectivity index (χ3v) is 4.84. The van der Waals surface area contributed by atoms with Crippen molar-refractivity contribution in [1.29, 1.82) is 0 Å². The zero-order chi connectivity index (χ0) is 16.1. The smallest absolute Gasteiger partial charge is 0.220 e. The molecule has 0 spiro atoms. The average Bonchev–Trinajstić information content (AvgIpc) is 3.08. The molecule has 0 unspecified atom stereocenters. The van der Waals surface area contributed by atoms with Gasteiger partial charge in [0.25, 0.3) is 0 Å². The molecule has 1 atom stereocenters. The molecule has 3 rings (SSSR count). The number of carbonyl (C=O) groups excluding carboxylic acids is 1. The summed E-state index contributed by atoms with van der Waals surface area (Å²) in [6, 6.07) is 6.43. The van der Waals surface area contributed by atoms with Crippen LogP contribution in [0.4, 0.5) is 4.39 Å². The summed E-state index contributed by atoms with van der Waals surface area (Å²) in [5.74, 6) is -0.229. The Morgan fingerprint density at radius 2 is 1.96 bits per heavy atom. The minimum atomic E-state index is -0.445. The molecular weight excluding hydrogens is 297 g/mol. The highest BCUT2D eigenvalue weighted by atomic mass is 19.1. The van der Waals surface area contributed by atoms with Gasteiger partial charge in [0.15, 0.2) is 0 Å². The molecule has 1 aromatic rings. The van der Waals surface area contributed by atoms with Crippen LogP contribution in [0.3, 0.4) is 0 Å². The molecular formula is C18H24FNO3. The van der Waals surface area contributed by atoms with Crippen molar-refractivity contribution < 1.29 is 18.7 Å². The van der Waals surface area contributed by atoms with Crippen molar-refractivity contribution in [2.45, 2.75) is 50.2 Å². The first-order chi connectivity index (χ1) is 11.2. The van der Waals surface area contributed by atoms with Gasteiger partial charge in [-0.3, -0.25) is 4.79 Å². The quantitative estimate of drug-likeness (QED) is 0.907. The van der Waals surface area contributed by atoms with Gasteiger partial charge in [-0.15, -0.1) is 0 Å². The molecule has 4 nitrogen and oxygen atoms in total. The van der Waals surface area contributed by atoms with Gasteiger partial charge in [-0.25, -0.2) is 4.39 Å². The van der Waals surface area contributed by atoms with Gasteiger partial charge in [-0.05, 0) is 49.8 Å². The van der Waals surface area contributed by atoms with E-state index in [2.05, 4.69) is 5.32 Å². The fourth-order valence-electron chi connectivity index (χ4n) is 3.47. The zero-order valence-electron chi connectivity index (χ0n) is 13.4. The number of hydrogen-bond donors (Lipinski definition) is 1. The summed E-state index contributed by atoms with van der Waals surface area (Å²) in [5.41, 5.74) is 0.507. The van der Waals surface area contributed by atoms with Gasteiger partial charge in [-0.1, -0.05) is 12.1 Å². The molecule has 1 amide bonds. The van der Waals surface area contributed by atoms with Crippen LogP contribution in [0.2, 0.25) is 0 Å². The first-order valence-corrected chi connectivity index (χ1v) is 8.44. The minimum Gasteiger partial charge on any atom is -0.381 e. The summed E-state index contributed by atoms with van der Waals surface area (Å²) < 4.78 is 24.2. The van der Waals surface area contributed by atoms with Gasteiger partial charge in [0, 0.05) is 26.2 Å². The molecule has 2 saturated heterocycles. The highest BCUT2D eigenvalue weighted by Gasteiger charge is 2.36. The highest BCUT2D eigenvalue weighted by molar-refractivity contribution is 5.77. The van der Waals surface area contributed by atoms with E-state index in [0.29, 0.717) is 32.5 Å². The van der Waals surface area contributed by atoms with Gasteiger partial charge in [-0.2, -0.15) is 0 Å². The molecule has 5 heteroatoms.